The first-order valence-electron chi connectivity index (χ1n) is 8.61. The molecule has 8 nitrogen and oxygen atoms in total. The van der Waals surface area contributed by atoms with E-state index < -0.39 is 11.8 Å². The summed E-state index contributed by atoms with van der Waals surface area (Å²) in [6, 6.07) is 12.1. The van der Waals surface area contributed by atoms with Crippen molar-refractivity contribution < 1.29 is 28.5 Å². The number of methoxy groups -OCH3 is 3. The highest BCUT2D eigenvalue weighted by molar-refractivity contribution is 6.04. The summed E-state index contributed by atoms with van der Waals surface area (Å²) in [6.07, 6.45) is -0.317. The highest BCUT2D eigenvalue weighted by Gasteiger charge is 2.13. The van der Waals surface area contributed by atoms with E-state index in [2.05, 4.69) is 10.6 Å². The highest BCUT2D eigenvalue weighted by Crippen LogP contribution is 2.28. The zero-order valence-corrected chi connectivity index (χ0v) is 16.1. The van der Waals surface area contributed by atoms with E-state index in [1.807, 2.05) is 0 Å². The molecule has 0 aliphatic heterocycles. The summed E-state index contributed by atoms with van der Waals surface area (Å²) in [7, 11) is 4.60. The van der Waals surface area contributed by atoms with Crippen LogP contribution in [0.1, 0.15) is 6.42 Å². The molecule has 0 radical (unpaired) electrons. The van der Waals surface area contributed by atoms with E-state index in [9.17, 15) is 9.59 Å². The summed E-state index contributed by atoms with van der Waals surface area (Å²) in [5.41, 5.74) is 0.433. The number of hydrogen-bond donors (Lipinski definition) is 2. The van der Waals surface area contributed by atoms with Crippen LogP contribution in [0.2, 0.25) is 0 Å². The van der Waals surface area contributed by atoms with Crippen LogP contribution in [-0.4, -0.2) is 46.3 Å². The Morgan fingerprint density at radius 1 is 0.821 bits per heavy atom. The second-order valence-corrected chi connectivity index (χ2v) is 5.67. The molecule has 2 aromatic rings. The van der Waals surface area contributed by atoms with Crippen molar-refractivity contribution in [2.75, 3.05) is 39.8 Å². The van der Waals surface area contributed by atoms with Crippen LogP contribution in [-0.2, 0) is 9.59 Å². The van der Waals surface area contributed by atoms with Gasteiger partial charge in [0.2, 0.25) is 11.8 Å². The molecule has 0 bridgehead atoms. The molecule has 28 heavy (non-hydrogen) atoms. The average molecular weight is 388 g/mol. The van der Waals surface area contributed by atoms with Crippen LogP contribution in [0.25, 0.3) is 0 Å². The predicted molar refractivity (Wildman–Crippen MR) is 104 cm³/mol. The second-order valence-electron chi connectivity index (χ2n) is 5.67. The van der Waals surface area contributed by atoms with Gasteiger partial charge in [-0.05, 0) is 36.4 Å². The van der Waals surface area contributed by atoms with Crippen LogP contribution in [0.3, 0.4) is 0 Å². The number of amides is 2. The molecule has 2 amide bonds. The molecule has 0 fully saturated rings. The number of carbonyl (C=O) groups is 2. The van der Waals surface area contributed by atoms with Gasteiger partial charge in [0.1, 0.15) is 36.0 Å². The van der Waals surface area contributed by atoms with Gasteiger partial charge in [-0.25, -0.2) is 0 Å². The fourth-order valence-electron chi connectivity index (χ4n) is 2.35. The molecule has 2 rings (SSSR count). The van der Waals surface area contributed by atoms with Crippen LogP contribution in [0, 0.1) is 0 Å². The Bertz CT molecular complexity index is 792. The van der Waals surface area contributed by atoms with Gasteiger partial charge >= 0.3 is 0 Å². The molecular formula is C20H24N2O6. The zero-order valence-electron chi connectivity index (χ0n) is 16.1. The Morgan fingerprint density at radius 2 is 1.46 bits per heavy atom. The molecule has 2 aromatic carbocycles. The third-order valence-corrected chi connectivity index (χ3v) is 3.75. The molecule has 0 heterocycles. The molecule has 0 unspecified atom stereocenters. The Hall–Kier alpha value is -3.42. The van der Waals surface area contributed by atoms with Crippen molar-refractivity contribution in [3.63, 3.8) is 0 Å². The van der Waals surface area contributed by atoms with Crippen molar-refractivity contribution in [3.8, 4) is 23.0 Å². The standard InChI is InChI=1S/C20H24N2O6/c1-25-14-4-6-15(7-5-14)28-11-10-21-19(23)13-20(24)22-17-12-16(26-2)8-9-18(17)27-3/h4-9,12H,10-11,13H2,1-3H3,(H,21,23)(H,22,24). The monoisotopic (exact) mass is 388 g/mol. The molecule has 0 aliphatic rings. The first-order chi connectivity index (χ1) is 13.5. The van der Waals surface area contributed by atoms with Gasteiger partial charge in [-0.15, -0.1) is 0 Å². The van der Waals surface area contributed by atoms with Gasteiger partial charge in [0.25, 0.3) is 0 Å². The van der Waals surface area contributed by atoms with Crippen LogP contribution >= 0.6 is 0 Å². The molecule has 0 aromatic heterocycles. The summed E-state index contributed by atoms with van der Waals surface area (Å²) < 4.78 is 20.9. The first-order valence-corrected chi connectivity index (χ1v) is 8.61. The minimum Gasteiger partial charge on any atom is -0.497 e. The van der Waals surface area contributed by atoms with Crippen molar-refractivity contribution in [1.82, 2.24) is 5.32 Å². The number of rotatable bonds is 10. The number of anilines is 1. The SMILES string of the molecule is COc1ccc(OCCNC(=O)CC(=O)Nc2cc(OC)ccc2OC)cc1. The summed E-state index contributed by atoms with van der Waals surface area (Å²) in [4.78, 5) is 24.0. The average Bonchev–Trinajstić information content (AvgIpc) is 2.71. The first kappa shape index (κ1) is 20.9. The summed E-state index contributed by atoms with van der Waals surface area (Å²) >= 11 is 0. The van der Waals surface area contributed by atoms with Gasteiger partial charge in [0.05, 0.1) is 33.6 Å². The molecule has 2 N–H and O–H groups in total. The minimum absolute atomic E-state index is 0.278. The van der Waals surface area contributed by atoms with Crippen molar-refractivity contribution >= 4 is 17.5 Å². The fourth-order valence-corrected chi connectivity index (χ4v) is 2.35. The van der Waals surface area contributed by atoms with E-state index in [-0.39, 0.29) is 19.6 Å². The van der Waals surface area contributed by atoms with Crippen molar-refractivity contribution in [2.45, 2.75) is 6.42 Å². The largest absolute Gasteiger partial charge is 0.497 e. The normalized spacial score (nSPS) is 9.96. The maximum Gasteiger partial charge on any atom is 0.233 e. The van der Waals surface area contributed by atoms with Crippen molar-refractivity contribution in [1.29, 1.82) is 0 Å². The lowest BCUT2D eigenvalue weighted by atomic mass is 10.2. The Balaban J connectivity index is 1.74. The molecule has 8 heteroatoms. The number of nitrogens with one attached hydrogen (secondary N) is 2. The van der Waals surface area contributed by atoms with E-state index in [0.29, 0.717) is 22.9 Å². The smallest absolute Gasteiger partial charge is 0.233 e. The molecule has 150 valence electrons. The van der Waals surface area contributed by atoms with Gasteiger partial charge in [-0.1, -0.05) is 0 Å². The van der Waals surface area contributed by atoms with E-state index >= 15 is 0 Å². The maximum absolute atomic E-state index is 12.1. The van der Waals surface area contributed by atoms with Crippen molar-refractivity contribution in [3.05, 3.63) is 42.5 Å². The quantitative estimate of drug-likeness (QED) is 0.479. The number of ether oxygens (including phenoxy) is 4. The summed E-state index contributed by atoms with van der Waals surface area (Å²) in [5, 5.41) is 5.28. The van der Waals surface area contributed by atoms with Gasteiger partial charge < -0.3 is 29.6 Å². The van der Waals surface area contributed by atoms with E-state index in [4.69, 9.17) is 18.9 Å². The number of benzene rings is 2. The van der Waals surface area contributed by atoms with Gasteiger partial charge in [0, 0.05) is 6.07 Å². The third-order valence-electron chi connectivity index (χ3n) is 3.75. The van der Waals surface area contributed by atoms with Crippen LogP contribution in [0.5, 0.6) is 23.0 Å². The molecule has 0 saturated carbocycles. The number of carbonyl (C=O) groups excluding carboxylic acids is 2. The molecule has 0 aliphatic carbocycles. The lowest BCUT2D eigenvalue weighted by Crippen LogP contribution is -2.31. The van der Waals surface area contributed by atoms with E-state index in [1.165, 1.54) is 14.2 Å². The second kappa shape index (κ2) is 10.7. The van der Waals surface area contributed by atoms with Crippen LogP contribution < -0.4 is 29.6 Å². The number of hydrogen-bond acceptors (Lipinski definition) is 6. The Morgan fingerprint density at radius 3 is 2.11 bits per heavy atom. The highest BCUT2D eigenvalue weighted by atomic mass is 16.5. The molecule has 0 saturated heterocycles. The lowest BCUT2D eigenvalue weighted by molar-refractivity contribution is -0.126. The predicted octanol–water partition coefficient (Wildman–Crippen LogP) is 2.24. The molecule has 0 atom stereocenters. The Kier molecular flexibility index (Phi) is 7.95. The lowest BCUT2D eigenvalue weighted by Gasteiger charge is -2.12. The zero-order chi connectivity index (χ0) is 20.4. The summed E-state index contributed by atoms with van der Waals surface area (Å²) in [5.74, 6) is 1.58. The Labute approximate surface area is 163 Å². The van der Waals surface area contributed by atoms with Gasteiger partial charge in [0.15, 0.2) is 0 Å². The topological polar surface area (TPSA) is 95.1 Å². The van der Waals surface area contributed by atoms with Crippen LogP contribution in [0.4, 0.5) is 5.69 Å². The molecule has 0 spiro atoms. The minimum atomic E-state index is -0.458. The fraction of sp³-hybridized carbons (Fsp3) is 0.300. The van der Waals surface area contributed by atoms with Gasteiger partial charge in [-0.3, -0.25) is 9.59 Å². The van der Waals surface area contributed by atoms with Crippen LogP contribution in [0.15, 0.2) is 42.5 Å². The maximum atomic E-state index is 12.1. The van der Waals surface area contributed by atoms with E-state index in [1.54, 1.807) is 49.6 Å². The third kappa shape index (κ3) is 6.39. The van der Waals surface area contributed by atoms with Gasteiger partial charge in [-0.2, -0.15) is 0 Å². The molecular weight excluding hydrogens is 364 g/mol. The van der Waals surface area contributed by atoms with Crippen molar-refractivity contribution in [2.24, 2.45) is 0 Å². The summed E-state index contributed by atoms with van der Waals surface area (Å²) in [6.45, 7) is 0.560. The van der Waals surface area contributed by atoms with E-state index in [0.717, 1.165) is 5.75 Å².